The molecule has 0 bridgehead atoms. The van der Waals surface area contributed by atoms with Crippen molar-refractivity contribution in [2.24, 2.45) is 0 Å². The van der Waals surface area contributed by atoms with Crippen LogP contribution < -0.4 is 5.32 Å². The minimum absolute atomic E-state index is 0.261. The molecule has 0 spiro atoms. The van der Waals surface area contributed by atoms with Crippen molar-refractivity contribution in [3.05, 3.63) is 66.2 Å². The Labute approximate surface area is 154 Å². The van der Waals surface area contributed by atoms with Crippen LogP contribution in [0.4, 0.5) is 5.69 Å². The lowest BCUT2D eigenvalue weighted by molar-refractivity contribution is -0.111. The van der Waals surface area contributed by atoms with E-state index in [4.69, 9.17) is 0 Å². The van der Waals surface area contributed by atoms with Crippen molar-refractivity contribution in [3.8, 4) is 0 Å². The van der Waals surface area contributed by atoms with Crippen LogP contribution in [0.3, 0.4) is 0 Å². The van der Waals surface area contributed by atoms with Gasteiger partial charge >= 0.3 is 0 Å². The Bertz CT molecular complexity index is 869. The number of anilines is 1. The third-order valence-electron chi connectivity index (χ3n) is 4.30. The highest BCUT2D eigenvalue weighted by molar-refractivity contribution is 7.89. The van der Waals surface area contributed by atoms with Crippen LogP contribution in [0.2, 0.25) is 0 Å². The van der Waals surface area contributed by atoms with Crippen LogP contribution in [-0.4, -0.2) is 31.7 Å². The highest BCUT2D eigenvalue weighted by atomic mass is 32.2. The van der Waals surface area contributed by atoms with E-state index in [0.717, 1.165) is 24.8 Å². The van der Waals surface area contributed by atoms with Gasteiger partial charge in [0.1, 0.15) is 0 Å². The Hall–Kier alpha value is -2.44. The van der Waals surface area contributed by atoms with Gasteiger partial charge in [-0.3, -0.25) is 4.79 Å². The lowest BCUT2D eigenvalue weighted by Crippen LogP contribution is -2.35. The average Bonchev–Trinajstić information content (AvgIpc) is 2.68. The number of carbonyl (C=O) groups excluding carboxylic acids is 1. The Morgan fingerprint density at radius 1 is 0.923 bits per heavy atom. The van der Waals surface area contributed by atoms with Crippen LogP contribution in [0.1, 0.15) is 24.8 Å². The molecular formula is C20H22N2O3S. The predicted molar refractivity (Wildman–Crippen MR) is 103 cm³/mol. The molecule has 2 aromatic carbocycles. The van der Waals surface area contributed by atoms with Crippen LogP contribution in [0, 0.1) is 0 Å². The number of carbonyl (C=O) groups is 1. The normalized spacial score (nSPS) is 15.8. The molecule has 0 aromatic heterocycles. The summed E-state index contributed by atoms with van der Waals surface area (Å²) in [5.41, 5.74) is 1.50. The van der Waals surface area contributed by atoms with E-state index in [0.29, 0.717) is 18.8 Å². The fourth-order valence-corrected chi connectivity index (χ4v) is 4.40. The number of nitrogens with one attached hydrogen (secondary N) is 1. The first-order valence-corrected chi connectivity index (χ1v) is 10.1. The van der Waals surface area contributed by atoms with E-state index in [1.165, 1.54) is 10.4 Å². The first kappa shape index (κ1) is 18.4. The van der Waals surface area contributed by atoms with E-state index < -0.39 is 10.0 Å². The summed E-state index contributed by atoms with van der Waals surface area (Å²) >= 11 is 0. The molecule has 2 aromatic rings. The first-order valence-electron chi connectivity index (χ1n) is 8.70. The molecule has 5 nitrogen and oxygen atoms in total. The molecule has 136 valence electrons. The van der Waals surface area contributed by atoms with Crippen molar-refractivity contribution >= 4 is 27.7 Å². The third-order valence-corrected chi connectivity index (χ3v) is 6.21. The molecule has 1 heterocycles. The molecule has 0 unspecified atom stereocenters. The summed E-state index contributed by atoms with van der Waals surface area (Å²) in [6, 6.07) is 15.8. The molecular weight excluding hydrogens is 348 g/mol. The van der Waals surface area contributed by atoms with E-state index in [1.807, 2.05) is 30.3 Å². The summed E-state index contributed by atoms with van der Waals surface area (Å²) in [6.45, 7) is 1.15. The SMILES string of the molecule is O=C(C=Cc1ccccc1)Nc1ccc(S(=O)(=O)N2CCCCC2)cc1. The van der Waals surface area contributed by atoms with Gasteiger partial charge in [-0.05, 0) is 48.7 Å². The molecule has 0 radical (unpaired) electrons. The van der Waals surface area contributed by atoms with Crippen molar-refractivity contribution in [2.45, 2.75) is 24.2 Å². The van der Waals surface area contributed by atoms with E-state index in [2.05, 4.69) is 5.32 Å². The quantitative estimate of drug-likeness (QED) is 0.819. The van der Waals surface area contributed by atoms with Gasteiger partial charge in [0, 0.05) is 24.9 Å². The molecule has 0 aliphatic carbocycles. The van der Waals surface area contributed by atoms with Crippen LogP contribution >= 0.6 is 0 Å². The number of hydrogen-bond donors (Lipinski definition) is 1. The predicted octanol–water partition coefficient (Wildman–Crippen LogP) is 3.51. The van der Waals surface area contributed by atoms with Gasteiger partial charge in [-0.15, -0.1) is 0 Å². The number of nitrogens with zero attached hydrogens (tertiary/aromatic N) is 1. The number of piperidine rings is 1. The molecule has 1 N–H and O–H groups in total. The van der Waals surface area contributed by atoms with Gasteiger partial charge in [0.05, 0.1) is 4.90 Å². The minimum Gasteiger partial charge on any atom is -0.323 e. The van der Waals surface area contributed by atoms with E-state index in [1.54, 1.807) is 30.3 Å². The number of sulfonamides is 1. The van der Waals surface area contributed by atoms with Gasteiger partial charge in [0.15, 0.2) is 0 Å². The summed E-state index contributed by atoms with van der Waals surface area (Å²) in [4.78, 5) is 12.3. The van der Waals surface area contributed by atoms with Crippen LogP contribution in [0.15, 0.2) is 65.6 Å². The second-order valence-corrected chi connectivity index (χ2v) is 8.16. The molecule has 0 atom stereocenters. The molecule has 1 saturated heterocycles. The molecule has 3 rings (SSSR count). The lowest BCUT2D eigenvalue weighted by atomic mass is 10.2. The standard InChI is InChI=1S/C20H22N2O3S/c23-20(14-9-17-7-3-1-4-8-17)21-18-10-12-19(13-11-18)26(24,25)22-15-5-2-6-16-22/h1,3-4,7-14H,2,5-6,15-16H2,(H,21,23). The number of amides is 1. The van der Waals surface area contributed by atoms with E-state index in [9.17, 15) is 13.2 Å². The highest BCUT2D eigenvalue weighted by Gasteiger charge is 2.25. The summed E-state index contributed by atoms with van der Waals surface area (Å²) in [6.07, 6.45) is 6.06. The van der Waals surface area contributed by atoms with Crippen molar-refractivity contribution in [2.75, 3.05) is 18.4 Å². The molecule has 26 heavy (non-hydrogen) atoms. The number of rotatable bonds is 5. The largest absolute Gasteiger partial charge is 0.323 e. The zero-order valence-corrected chi connectivity index (χ0v) is 15.3. The maximum absolute atomic E-state index is 12.6. The Balaban J connectivity index is 1.64. The monoisotopic (exact) mass is 370 g/mol. The molecule has 1 aliphatic rings. The van der Waals surface area contributed by atoms with Crippen LogP contribution in [0.5, 0.6) is 0 Å². The summed E-state index contributed by atoms with van der Waals surface area (Å²) in [5, 5.41) is 2.74. The van der Waals surface area contributed by atoms with Crippen molar-refractivity contribution in [1.82, 2.24) is 4.31 Å². The van der Waals surface area contributed by atoms with Gasteiger partial charge in [0.2, 0.25) is 15.9 Å². The second-order valence-electron chi connectivity index (χ2n) is 6.22. The maximum Gasteiger partial charge on any atom is 0.248 e. The van der Waals surface area contributed by atoms with Gasteiger partial charge in [-0.2, -0.15) is 4.31 Å². The molecule has 1 fully saturated rings. The summed E-state index contributed by atoms with van der Waals surface area (Å²) in [5.74, 6) is -0.263. The third kappa shape index (κ3) is 4.59. The molecule has 6 heteroatoms. The van der Waals surface area contributed by atoms with Gasteiger partial charge in [0.25, 0.3) is 0 Å². The Morgan fingerprint density at radius 2 is 1.58 bits per heavy atom. The molecule has 1 amide bonds. The molecule has 0 saturated carbocycles. The Kier molecular flexibility index (Phi) is 5.85. The van der Waals surface area contributed by atoms with E-state index >= 15 is 0 Å². The second kappa shape index (κ2) is 8.29. The Morgan fingerprint density at radius 3 is 2.23 bits per heavy atom. The summed E-state index contributed by atoms with van der Waals surface area (Å²) in [7, 11) is -3.45. The topological polar surface area (TPSA) is 66.5 Å². The van der Waals surface area contributed by atoms with E-state index in [-0.39, 0.29) is 10.8 Å². The number of benzene rings is 2. The highest BCUT2D eigenvalue weighted by Crippen LogP contribution is 2.22. The average molecular weight is 370 g/mol. The van der Waals surface area contributed by atoms with Crippen LogP contribution in [0.25, 0.3) is 6.08 Å². The lowest BCUT2D eigenvalue weighted by Gasteiger charge is -2.25. The van der Waals surface area contributed by atoms with Crippen molar-refractivity contribution in [3.63, 3.8) is 0 Å². The summed E-state index contributed by atoms with van der Waals surface area (Å²) < 4.78 is 26.7. The fourth-order valence-electron chi connectivity index (χ4n) is 2.88. The first-order chi connectivity index (χ1) is 12.6. The van der Waals surface area contributed by atoms with Crippen LogP contribution in [-0.2, 0) is 14.8 Å². The van der Waals surface area contributed by atoms with Gasteiger partial charge in [-0.1, -0.05) is 36.8 Å². The van der Waals surface area contributed by atoms with Gasteiger partial charge < -0.3 is 5.32 Å². The maximum atomic E-state index is 12.6. The smallest absolute Gasteiger partial charge is 0.248 e. The zero-order chi connectivity index (χ0) is 18.4. The number of hydrogen-bond acceptors (Lipinski definition) is 3. The van der Waals surface area contributed by atoms with Crippen molar-refractivity contribution < 1.29 is 13.2 Å². The van der Waals surface area contributed by atoms with Gasteiger partial charge in [-0.25, -0.2) is 8.42 Å². The fraction of sp³-hybridized carbons (Fsp3) is 0.250. The minimum atomic E-state index is -3.45. The zero-order valence-electron chi connectivity index (χ0n) is 14.5. The van der Waals surface area contributed by atoms with Crippen molar-refractivity contribution in [1.29, 1.82) is 0 Å². The molecule has 1 aliphatic heterocycles.